The molecule has 0 spiro atoms. The normalized spacial score (nSPS) is 11.6. The molecule has 0 saturated carbocycles. The number of rotatable bonds is 6. The van der Waals surface area contributed by atoms with Crippen molar-refractivity contribution in [3.63, 3.8) is 0 Å². The highest BCUT2D eigenvalue weighted by Gasteiger charge is 2.19. The monoisotopic (exact) mass is 714 g/mol. The van der Waals surface area contributed by atoms with E-state index in [0.717, 1.165) is 50.5 Å². The van der Waals surface area contributed by atoms with Crippen LogP contribution in [0.2, 0.25) is 0 Å². The van der Waals surface area contributed by atoms with Gasteiger partial charge >= 0.3 is 0 Å². The molecular formula is C52H34N4. The van der Waals surface area contributed by atoms with Gasteiger partial charge in [0.05, 0.1) is 33.5 Å². The molecule has 0 amide bonds. The van der Waals surface area contributed by atoms with E-state index >= 15 is 0 Å². The largest absolute Gasteiger partial charge is 0.309 e. The predicted molar refractivity (Wildman–Crippen MR) is 232 cm³/mol. The molecule has 0 unspecified atom stereocenters. The lowest BCUT2D eigenvalue weighted by molar-refractivity contribution is 1.16. The minimum absolute atomic E-state index is 0.695. The first kappa shape index (κ1) is 31.9. The molecule has 0 radical (unpaired) electrons. The molecule has 11 aromatic rings. The smallest absolute Gasteiger partial charge is 0.160 e. The van der Waals surface area contributed by atoms with Gasteiger partial charge in [0.1, 0.15) is 0 Å². The molecule has 3 heterocycles. The summed E-state index contributed by atoms with van der Waals surface area (Å²) in [4.78, 5) is 10.2. The summed E-state index contributed by atoms with van der Waals surface area (Å²) in [6.45, 7) is 0. The highest BCUT2D eigenvalue weighted by Crippen LogP contribution is 2.41. The van der Waals surface area contributed by atoms with E-state index in [1.165, 1.54) is 43.7 Å². The molecule has 0 atom stereocenters. The Hall–Kier alpha value is -7.56. The molecule has 0 N–H and O–H groups in total. The number of nitrogens with zero attached hydrogens (tertiary/aromatic N) is 4. The standard InChI is InChI=1S/C52H34N4/c1-5-15-35(16-6-1)39-27-30-49-43(31-39)45-32-44-42-23-13-14-24-48(42)55(40-21-11-4-12-22-40)50(44)34-51(45)56(49)41-28-25-38(26-29-41)52-53-46(36-17-7-2-8-18-36)33-47(54-52)37-19-9-3-10-20-37/h1-34H. The summed E-state index contributed by atoms with van der Waals surface area (Å²) in [6.07, 6.45) is 0. The average Bonchev–Trinajstić information content (AvgIpc) is 3.78. The second-order valence-corrected chi connectivity index (χ2v) is 14.2. The highest BCUT2D eigenvalue weighted by atomic mass is 15.0. The van der Waals surface area contributed by atoms with Crippen LogP contribution in [0.25, 0.3) is 100 Å². The van der Waals surface area contributed by atoms with Crippen LogP contribution in [0.3, 0.4) is 0 Å². The van der Waals surface area contributed by atoms with Crippen molar-refractivity contribution in [3.05, 3.63) is 206 Å². The Labute approximate surface area is 324 Å². The van der Waals surface area contributed by atoms with E-state index < -0.39 is 0 Å². The zero-order valence-electron chi connectivity index (χ0n) is 30.4. The number of hydrogen-bond donors (Lipinski definition) is 0. The fraction of sp³-hybridized carbons (Fsp3) is 0. The molecule has 56 heavy (non-hydrogen) atoms. The lowest BCUT2D eigenvalue weighted by Gasteiger charge is -2.12. The minimum atomic E-state index is 0.695. The van der Waals surface area contributed by atoms with E-state index in [9.17, 15) is 0 Å². The van der Waals surface area contributed by atoms with Gasteiger partial charge in [-0.2, -0.15) is 0 Å². The summed E-state index contributed by atoms with van der Waals surface area (Å²) in [5.41, 5.74) is 14.2. The van der Waals surface area contributed by atoms with Crippen molar-refractivity contribution in [3.8, 4) is 56.4 Å². The lowest BCUT2D eigenvalue weighted by Crippen LogP contribution is -1.98. The maximum Gasteiger partial charge on any atom is 0.160 e. The van der Waals surface area contributed by atoms with Gasteiger partial charge in [0.2, 0.25) is 0 Å². The Morgan fingerprint density at radius 1 is 0.268 bits per heavy atom. The number of fused-ring (bicyclic) bond motifs is 6. The Morgan fingerprint density at radius 2 is 0.732 bits per heavy atom. The van der Waals surface area contributed by atoms with Crippen molar-refractivity contribution in [1.29, 1.82) is 0 Å². The lowest BCUT2D eigenvalue weighted by atomic mass is 10.0. The van der Waals surface area contributed by atoms with Gasteiger partial charge in [-0.1, -0.05) is 133 Å². The van der Waals surface area contributed by atoms with Gasteiger partial charge in [0, 0.05) is 49.6 Å². The second kappa shape index (κ2) is 13.1. The first-order valence-corrected chi connectivity index (χ1v) is 19.0. The van der Waals surface area contributed by atoms with Crippen LogP contribution in [-0.2, 0) is 0 Å². The molecule has 0 bridgehead atoms. The van der Waals surface area contributed by atoms with Gasteiger partial charge < -0.3 is 9.13 Å². The Kier molecular flexibility index (Phi) is 7.46. The number of para-hydroxylation sites is 2. The molecule has 0 aliphatic carbocycles. The van der Waals surface area contributed by atoms with Crippen molar-refractivity contribution >= 4 is 43.6 Å². The Morgan fingerprint density at radius 3 is 1.36 bits per heavy atom. The summed E-state index contributed by atoms with van der Waals surface area (Å²) in [6, 6.07) is 73.2. The van der Waals surface area contributed by atoms with Crippen LogP contribution >= 0.6 is 0 Å². The van der Waals surface area contributed by atoms with Crippen LogP contribution < -0.4 is 0 Å². The van der Waals surface area contributed by atoms with Gasteiger partial charge in [-0.05, 0) is 83.9 Å². The summed E-state index contributed by atoms with van der Waals surface area (Å²) in [5.74, 6) is 0.695. The van der Waals surface area contributed by atoms with E-state index in [4.69, 9.17) is 9.97 Å². The maximum absolute atomic E-state index is 5.10. The van der Waals surface area contributed by atoms with Crippen LogP contribution in [0.4, 0.5) is 0 Å². The summed E-state index contributed by atoms with van der Waals surface area (Å²) in [5, 5.41) is 4.92. The molecule has 0 saturated heterocycles. The van der Waals surface area contributed by atoms with Crippen molar-refractivity contribution in [1.82, 2.24) is 19.1 Å². The molecule has 0 aliphatic rings. The van der Waals surface area contributed by atoms with Crippen molar-refractivity contribution < 1.29 is 0 Å². The molecular weight excluding hydrogens is 681 g/mol. The summed E-state index contributed by atoms with van der Waals surface area (Å²) >= 11 is 0. The third-order valence-corrected chi connectivity index (χ3v) is 10.9. The first-order valence-electron chi connectivity index (χ1n) is 19.0. The van der Waals surface area contributed by atoms with Gasteiger partial charge in [0.15, 0.2) is 5.82 Å². The zero-order valence-corrected chi connectivity index (χ0v) is 30.4. The fourth-order valence-electron chi connectivity index (χ4n) is 8.27. The van der Waals surface area contributed by atoms with E-state index in [0.29, 0.717) is 5.82 Å². The van der Waals surface area contributed by atoms with Crippen LogP contribution in [0.1, 0.15) is 0 Å². The molecule has 8 aromatic carbocycles. The van der Waals surface area contributed by atoms with Gasteiger partial charge in [0.25, 0.3) is 0 Å². The minimum Gasteiger partial charge on any atom is -0.309 e. The Balaban J connectivity index is 1.13. The molecule has 3 aromatic heterocycles. The van der Waals surface area contributed by atoms with Gasteiger partial charge in [-0.15, -0.1) is 0 Å². The third kappa shape index (κ3) is 5.31. The van der Waals surface area contributed by atoms with Gasteiger partial charge in [-0.25, -0.2) is 9.97 Å². The molecule has 11 rings (SSSR count). The van der Waals surface area contributed by atoms with E-state index in [-0.39, 0.29) is 0 Å². The number of aromatic nitrogens is 4. The van der Waals surface area contributed by atoms with E-state index in [1.54, 1.807) is 0 Å². The molecule has 0 fully saturated rings. The second-order valence-electron chi connectivity index (χ2n) is 14.2. The van der Waals surface area contributed by atoms with Crippen molar-refractivity contribution in [2.24, 2.45) is 0 Å². The maximum atomic E-state index is 5.10. The highest BCUT2D eigenvalue weighted by molar-refractivity contribution is 6.19. The SMILES string of the molecule is c1ccc(-c2ccc3c(c2)c2cc4c5ccccc5n(-c5ccccc5)c4cc2n3-c2ccc(-c3nc(-c4ccccc4)cc(-c4ccccc4)n3)cc2)cc1. The Bertz CT molecular complexity index is 3140. The summed E-state index contributed by atoms with van der Waals surface area (Å²) in [7, 11) is 0. The molecule has 262 valence electrons. The van der Waals surface area contributed by atoms with Crippen LogP contribution in [0.5, 0.6) is 0 Å². The topological polar surface area (TPSA) is 35.6 Å². The van der Waals surface area contributed by atoms with E-state index in [2.05, 4.69) is 203 Å². The zero-order chi connectivity index (χ0) is 37.0. The first-order chi connectivity index (χ1) is 27.8. The fourth-order valence-corrected chi connectivity index (χ4v) is 8.27. The molecule has 0 aliphatic heterocycles. The van der Waals surface area contributed by atoms with E-state index in [1.807, 2.05) is 12.1 Å². The average molecular weight is 715 g/mol. The number of benzene rings is 8. The summed E-state index contributed by atoms with van der Waals surface area (Å²) < 4.78 is 4.80. The van der Waals surface area contributed by atoms with Gasteiger partial charge in [-0.3, -0.25) is 0 Å². The third-order valence-electron chi connectivity index (χ3n) is 10.9. The van der Waals surface area contributed by atoms with Crippen LogP contribution in [0.15, 0.2) is 206 Å². The van der Waals surface area contributed by atoms with Crippen molar-refractivity contribution in [2.45, 2.75) is 0 Å². The molecule has 4 heteroatoms. The number of hydrogen-bond acceptors (Lipinski definition) is 2. The molecule has 4 nitrogen and oxygen atoms in total. The van der Waals surface area contributed by atoms with Crippen LogP contribution in [-0.4, -0.2) is 19.1 Å². The predicted octanol–water partition coefficient (Wildman–Crippen LogP) is 13.3. The van der Waals surface area contributed by atoms with Crippen molar-refractivity contribution in [2.75, 3.05) is 0 Å². The quantitative estimate of drug-likeness (QED) is 0.172. The van der Waals surface area contributed by atoms with Crippen LogP contribution in [0, 0.1) is 0 Å².